The molecule has 9 heteroatoms. The monoisotopic (exact) mass is 443 g/mol. The zero-order valence-corrected chi connectivity index (χ0v) is 17.0. The second-order valence-electron chi connectivity index (χ2n) is 6.88. The number of carbonyl (C=O) groups excluding carboxylic acids is 2. The van der Waals surface area contributed by atoms with Gasteiger partial charge in [-0.3, -0.25) is 4.79 Å². The first-order valence-corrected chi connectivity index (χ1v) is 9.65. The highest BCUT2D eigenvalue weighted by molar-refractivity contribution is 5.96. The van der Waals surface area contributed by atoms with Crippen LogP contribution >= 0.6 is 0 Å². The van der Waals surface area contributed by atoms with Gasteiger partial charge in [0, 0.05) is 11.9 Å². The largest absolute Gasteiger partial charge is 0.452 e. The Morgan fingerprint density at radius 1 is 1.03 bits per heavy atom. The molecule has 0 unspecified atom stereocenters. The van der Waals surface area contributed by atoms with Crippen LogP contribution in [0.25, 0.3) is 0 Å². The maximum atomic E-state index is 12.9. The van der Waals surface area contributed by atoms with Gasteiger partial charge >= 0.3 is 12.1 Å². The topological polar surface area (TPSA) is 80.3 Å². The molecular weight excluding hydrogens is 423 g/mol. The minimum Gasteiger partial charge on any atom is -0.452 e. The number of benzene rings is 2. The van der Waals surface area contributed by atoms with Gasteiger partial charge in [-0.15, -0.1) is 0 Å². The van der Waals surface area contributed by atoms with Crippen molar-refractivity contribution >= 4 is 23.4 Å². The summed E-state index contributed by atoms with van der Waals surface area (Å²) in [5.41, 5.74) is 0.134. The van der Waals surface area contributed by atoms with Crippen molar-refractivity contribution in [1.82, 2.24) is 10.3 Å². The summed E-state index contributed by atoms with van der Waals surface area (Å²) in [6, 6.07) is 16.4. The predicted octanol–water partition coefficient (Wildman–Crippen LogP) is 4.88. The molecule has 0 radical (unpaired) electrons. The molecule has 0 spiro atoms. The minimum atomic E-state index is -4.51. The van der Waals surface area contributed by atoms with Crippen LogP contribution in [0, 0.1) is 0 Å². The number of carbonyl (C=O) groups is 2. The number of hydrogen-bond donors (Lipinski definition) is 2. The number of nitrogens with one attached hydrogen (secondary N) is 2. The van der Waals surface area contributed by atoms with E-state index in [0.717, 1.165) is 17.7 Å². The minimum absolute atomic E-state index is 0.00915. The van der Waals surface area contributed by atoms with E-state index in [2.05, 4.69) is 15.6 Å². The van der Waals surface area contributed by atoms with Crippen molar-refractivity contribution in [2.75, 3.05) is 11.9 Å². The molecule has 0 aliphatic heterocycles. The number of halogens is 3. The summed E-state index contributed by atoms with van der Waals surface area (Å²) in [5.74, 6) is -1.32. The summed E-state index contributed by atoms with van der Waals surface area (Å²) < 4.78 is 43.9. The summed E-state index contributed by atoms with van der Waals surface area (Å²) >= 11 is 0. The molecule has 6 nitrogen and oxygen atoms in total. The van der Waals surface area contributed by atoms with Crippen molar-refractivity contribution in [2.45, 2.75) is 19.1 Å². The van der Waals surface area contributed by atoms with Crippen LogP contribution in [-0.4, -0.2) is 23.5 Å². The second kappa shape index (κ2) is 9.95. The highest BCUT2D eigenvalue weighted by Gasteiger charge is 2.30. The van der Waals surface area contributed by atoms with Crippen molar-refractivity contribution in [1.29, 1.82) is 0 Å². The average molecular weight is 443 g/mol. The quantitative estimate of drug-likeness (QED) is 0.509. The number of alkyl halides is 3. The molecule has 2 N–H and O–H groups in total. The van der Waals surface area contributed by atoms with Gasteiger partial charge in [-0.05, 0) is 42.8 Å². The molecule has 3 rings (SSSR count). The fourth-order valence-electron chi connectivity index (χ4n) is 2.90. The second-order valence-corrected chi connectivity index (χ2v) is 6.88. The van der Waals surface area contributed by atoms with Crippen LogP contribution in [0.15, 0.2) is 72.9 Å². The Bertz CT molecular complexity index is 1090. The first kappa shape index (κ1) is 22.8. The molecular formula is C23H20F3N3O3. The molecule has 1 aromatic heterocycles. The van der Waals surface area contributed by atoms with Crippen molar-refractivity contribution in [3.63, 3.8) is 0 Å². The van der Waals surface area contributed by atoms with E-state index in [1.54, 1.807) is 6.92 Å². The lowest BCUT2D eigenvalue weighted by molar-refractivity contribution is -0.137. The number of anilines is 2. The van der Waals surface area contributed by atoms with Gasteiger partial charge in [-0.25, -0.2) is 9.78 Å². The fraction of sp³-hybridized carbons (Fsp3) is 0.174. The lowest BCUT2D eigenvalue weighted by atomic mass is 10.1. The van der Waals surface area contributed by atoms with Gasteiger partial charge in [-0.1, -0.05) is 36.4 Å². The lowest BCUT2D eigenvalue weighted by Gasteiger charge is -2.15. The number of amides is 1. The van der Waals surface area contributed by atoms with Crippen LogP contribution in [0.3, 0.4) is 0 Å². The Hall–Kier alpha value is -3.88. The van der Waals surface area contributed by atoms with Gasteiger partial charge in [0.05, 0.1) is 11.6 Å². The van der Waals surface area contributed by atoms with Crippen LogP contribution in [0.5, 0.6) is 0 Å². The van der Waals surface area contributed by atoms with Gasteiger partial charge < -0.3 is 15.4 Å². The van der Waals surface area contributed by atoms with Crippen LogP contribution in [0.1, 0.15) is 34.5 Å². The molecule has 1 amide bonds. The number of rotatable bonds is 7. The molecule has 0 fully saturated rings. The molecule has 0 aliphatic carbocycles. The average Bonchev–Trinajstić information content (AvgIpc) is 2.78. The van der Waals surface area contributed by atoms with E-state index < -0.39 is 30.2 Å². The fourth-order valence-corrected chi connectivity index (χ4v) is 2.90. The summed E-state index contributed by atoms with van der Waals surface area (Å²) in [4.78, 5) is 28.6. The maximum absolute atomic E-state index is 12.9. The highest BCUT2D eigenvalue weighted by atomic mass is 19.4. The number of ether oxygens (including phenoxy) is 1. The Kier molecular flexibility index (Phi) is 7.09. The highest BCUT2D eigenvalue weighted by Crippen LogP contribution is 2.31. The standard InChI is InChI=1S/C23H20F3N3O3/c1-15(16-7-3-2-4-8-16)28-20(30)14-32-22(31)19-11-6-12-27-21(19)29-18-10-5-9-17(13-18)23(24,25)26/h2-13,15H,14H2,1H3,(H,27,29)(H,28,30)/t15-/m0/s1. The van der Waals surface area contributed by atoms with Gasteiger partial charge in [0.2, 0.25) is 0 Å². The first-order valence-electron chi connectivity index (χ1n) is 9.65. The van der Waals surface area contributed by atoms with Crippen LogP contribution in [-0.2, 0) is 15.7 Å². The SMILES string of the molecule is C[C@H](NC(=O)COC(=O)c1cccnc1Nc1cccc(C(F)(F)F)c1)c1ccccc1. The Morgan fingerprint density at radius 2 is 1.78 bits per heavy atom. The summed E-state index contributed by atoms with van der Waals surface area (Å²) in [6.45, 7) is 1.28. The number of hydrogen-bond acceptors (Lipinski definition) is 5. The number of pyridine rings is 1. The predicted molar refractivity (Wildman–Crippen MR) is 112 cm³/mol. The van der Waals surface area contributed by atoms with Crippen molar-refractivity contribution < 1.29 is 27.5 Å². The van der Waals surface area contributed by atoms with Crippen LogP contribution in [0.4, 0.5) is 24.7 Å². The third kappa shape index (κ3) is 6.07. The summed E-state index contributed by atoms with van der Waals surface area (Å²) in [6.07, 6.45) is -3.13. The summed E-state index contributed by atoms with van der Waals surface area (Å²) in [7, 11) is 0. The van der Waals surface area contributed by atoms with E-state index in [-0.39, 0.29) is 23.1 Å². The van der Waals surface area contributed by atoms with Gasteiger partial charge in [0.1, 0.15) is 11.4 Å². The molecule has 0 bridgehead atoms. The van der Waals surface area contributed by atoms with Crippen LogP contribution in [0.2, 0.25) is 0 Å². The molecule has 32 heavy (non-hydrogen) atoms. The molecule has 166 valence electrons. The Balaban J connectivity index is 1.64. The van der Waals surface area contributed by atoms with Crippen molar-refractivity contribution in [3.8, 4) is 0 Å². The lowest BCUT2D eigenvalue weighted by Crippen LogP contribution is -2.31. The third-order valence-electron chi connectivity index (χ3n) is 4.49. The Labute approximate surface area is 182 Å². The number of aromatic nitrogens is 1. The maximum Gasteiger partial charge on any atom is 0.416 e. The molecule has 1 heterocycles. The van der Waals surface area contributed by atoms with E-state index in [9.17, 15) is 22.8 Å². The van der Waals surface area contributed by atoms with Gasteiger partial charge in [0.15, 0.2) is 6.61 Å². The smallest absolute Gasteiger partial charge is 0.416 e. The van der Waals surface area contributed by atoms with E-state index >= 15 is 0 Å². The molecule has 2 aromatic carbocycles. The Morgan fingerprint density at radius 3 is 2.50 bits per heavy atom. The van der Waals surface area contributed by atoms with Crippen molar-refractivity contribution in [2.24, 2.45) is 0 Å². The first-order chi connectivity index (χ1) is 15.2. The third-order valence-corrected chi connectivity index (χ3v) is 4.49. The van der Waals surface area contributed by atoms with E-state index in [1.807, 2.05) is 30.3 Å². The molecule has 0 saturated carbocycles. The molecule has 1 atom stereocenters. The van der Waals surface area contributed by atoms with Crippen molar-refractivity contribution in [3.05, 3.63) is 89.6 Å². The number of nitrogens with zero attached hydrogens (tertiary/aromatic N) is 1. The van der Waals surface area contributed by atoms with Crippen LogP contribution < -0.4 is 10.6 Å². The van der Waals surface area contributed by atoms with E-state index in [1.165, 1.54) is 30.5 Å². The molecule has 3 aromatic rings. The van der Waals surface area contributed by atoms with E-state index in [0.29, 0.717) is 0 Å². The van der Waals surface area contributed by atoms with Gasteiger partial charge in [-0.2, -0.15) is 13.2 Å². The normalized spacial score (nSPS) is 12.0. The van der Waals surface area contributed by atoms with E-state index in [4.69, 9.17) is 4.74 Å². The number of esters is 1. The zero-order chi connectivity index (χ0) is 23.1. The summed E-state index contributed by atoms with van der Waals surface area (Å²) in [5, 5.41) is 5.42. The molecule has 0 aliphatic rings. The zero-order valence-electron chi connectivity index (χ0n) is 17.0. The van der Waals surface area contributed by atoms with Gasteiger partial charge in [0.25, 0.3) is 5.91 Å². The molecule has 0 saturated heterocycles.